The zero-order valence-corrected chi connectivity index (χ0v) is 11.8. The van der Waals surface area contributed by atoms with Gasteiger partial charge in [-0.2, -0.15) is 0 Å². The maximum absolute atomic E-state index is 12.3. The second kappa shape index (κ2) is 5.59. The molecular weight excluding hydrogens is 246 g/mol. The maximum Gasteiger partial charge on any atom is 0.442 e. The monoisotopic (exact) mass is 267 g/mol. The Morgan fingerprint density at radius 1 is 1.47 bits per heavy atom. The van der Waals surface area contributed by atoms with Crippen molar-refractivity contribution in [2.45, 2.75) is 58.5 Å². The van der Waals surface area contributed by atoms with E-state index < -0.39 is 5.76 Å². The summed E-state index contributed by atoms with van der Waals surface area (Å²) < 4.78 is 6.00. The topological polar surface area (TPSA) is 68.3 Å². The summed E-state index contributed by atoms with van der Waals surface area (Å²) in [6.07, 6.45) is 3.22. The molecule has 0 aliphatic carbocycles. The number of carbonyl (C=O) groups excluding carboxylic acids is 1. The predicted octanol–water partition coefficient (Wildman–Crippen LogP) is 1.36. The maximum atomic E-state index is 12.3. The second-order valence-electron chi connectivity index (χ2n) is 5.48. The van der Waals surface area contributed by atoms with Crippen molar-refractivity contribution < 1.29 is 9.32 Å². The van der Waals surface area contributed by atoms with Crippen molar-refractivity contribution in [3.63, 3.8) is 0 Å². The van der Waals surface area contributed by atoms with Crippen LogP contribution in [0.25, 0.3) is 0 Å². The average Bonchev–Trinajstić information content (AvgIpc) is 2.71. The number of hydrogen-bond donors (Lipinski definition) is 0. The number of rotatable bonds is 3. The fourth-order valence-corrected chi connectivity index (χ4v) is 2.54. The van der Waals surface area contributed by atoms with Gasteiger partial charge in [0.2, 0.25) is 5.91 Å². The van der Waals surface area contributed by atoms with Gasteiger partial charge in [0.25, 0.3) is 0 Å². The Kier molecular flexibility index (Phi) is 4.07. The second-order valence-corrected chi connectivity index (χ2v) is 5.48. The standard InChI is InChI=1S/C13H21N3O3/c1-9(2)12-14-19-13(18)16(12)8-11(17)15-7-5-4-6-10(15)3/h9-10H,4-8H2,1-3H3. The Morgan fingerprint density at radius 3 is 2.84 bits per heavy atom. The summed E-state index contributed by atoms with van der Waals surface area (Å²) in [5, 5.41) is 3.74. The number of carbonyl (C=O) groups is 1. The fourth-order valence-electron chi connectivity index (χ4n) is 2.54. The van der Waals surface area contributed by atoms with Gasteiger partial charge in [0.05, 0.1) is 0 Å². The molecule has 1 saturated heterocycles. The van der Waals surface area contributed by atoms with Crippen LogP contribution in [0.1, 0.15) is 51.8 Å². The van der Waals surface area contributed by atoms with Crippen LogP contribution in [-0.2, 0) is 11.3 Å². The summed E-state index contributed by atoms with van der Waals surface area (Å²) in [4.78, 5) is 25.8. The lowest BCUT2D eigenvalue weighted by atomic mass is 10.0. The highest BCUT2D eigenvalue weighted by Crippen LogP contribution is 2.17. The molecule has 0 radical (unpaired) electrons. The lowest BCUT2D eigenvalue weighted by molar-refractivity contribution is -0.135. The Hall–Kier alpha value is -1.59. The number of aromatic nitrogens is 2. The van der Waals surface area contributed by atoms with Crippen LogP contribution in [0, 0.1) is 0 Å². The third kappa shape index (κ3) is 2.88. The number of nitrogens with zero attached hydrogens (tertiary/aromatic N) is 3. The predicted molar refractivity (Wildman–Crippen MR) is 69.9 cm³/mol. The summed E-state index contributed by atoms with van der Waals surface area (Å²) in [7, 11) is 0. The molecule has 1 unspecified atom stereocenters. The van der Waals surface area contributed by atoms with Gasteiger partial charge in [0.15, 0.2) is 5.82 Å². The van der Waals surface area contributed by atoms with Crippen LogP contribution in [0.4, 0.5) is 0 Å². The first-order chi connectivity index (χ1) is 9.00. The van der Waals surface area contributed by atoms with Crippen LogP contribution >= 0.6 is 0 Å². The van der Waals surface area contributed by atoms with Crippen LogP contribution in [0.2, 0.25) is 0 Å². The van der Waals surface area contributed by atoms with Crippen molar-refractivity contribution in [3.05, 3.63) is 16.4 Å². The van der Waals surface area contributed by atoms with Crippen molar-refractivity contribution in [1.82, 2.24) is 14.6 Å². The molecule has 6 heteroatoms. The Labute approximate surface area is 112 Å². The van der Waals surface area contributed by atoms with Crippen molar-refractivity contribution in [1.29, 1.82) is 0 Å². The van der Waals surface area contributed by atoms with E-state index in [1.54, 1.807) is 0 Å². The molecule has 1 aromatic rings. The third-order valence-electron chi connectivity index (χ3n) is 3.65. The first-order valence-electron chi connectivity index (χ1n) is 6.86. The first-order valence-corrected chi connectivity index (χ1v) is 6.86. The molecule has 0 aromatic carbocycles. The molecule has 2 heterocycles. The lowest BCUT2D eigenvalue weighted by Gasteiger charge is -2.33. The number of piperidine rings is 1. The van der Waals surface area contributed by atoms with Crippen LogP contribution in [0.5, 0.6) is 0 Å². The molecule has 106 valence electrons. The molecule has 19 heavy (non-hydrogen) atoms. The van der Waals surface area contributed by atoms with Crippen molar-refractivity contribution in [3.8, 4) is 0 Å². The summed E-state index contributed by atoms with van der Waals surface area (Å²) >= 11 is 0. The molecule has 0 spiro atoms. The molecule has 1 atom stereocenters. The molecular formula is C13H21N3O3. The van der Waals surface area contributed by atoms with E-state index in [0.29, 0.717) is 5.82 Å². The molecule has 1 aromatic heterocycles. The summed E-state index contributed by atoms with van der Waals surface area (Å²) in [6.45, 7) is 6.69. The minimum atomic E-state index is -0.554. The highest BCUT2D eigenvalue weighted by molar-refractivity contribution is 5.76. The molecule has 1 fully saturated rings. The summed E-state index contributed by atoms with van der Waals surface area (Å²) in [6, 6.07) is 0.249. The van der Waals surface area contributed by atoms with Crippen LogP contribution in [0.3, 0.4) is 0 Å². The van der Waals surface area contributed by atoms with Crippen molar-refractivity contribution >= 4 is 5.91 Å². The SMILES string of the molecule is CC(C)c1noc(=O)n1CC(=O)N1CCCCC1C. The summed E-state index contributed by atoms with van der Waals surface area (Å²) in [5.41, 5.74) is 0. The first kappa shape index (κ1) is 13.8. The van der Waals surface area contributed by atoms with E-state index in [-0.39, 0.29) is 24.4 Å². The van der Waals surface area contributed by atoms with E-state index in [0.717, 1.165) is 25.8 Å². The van der Waals surface area contributed by atoms with Gasteiger partial charge >= 0.3 is 5.76 Å². The molecule has 1 aliphatic rings. The van der Waals surface area contributed by atoms with Gasteiger partial charge in [-0.15, -0.1) is 0 Å². The molecule has 1 amide bonds. The van der Waals surface area contributed by atoms with Gasteiger partial charge in [-0.3, -0.25) is 13.9 Å². The van der Waals surface area contributed by atoms with E-state index in [1.165, 1.54) is 4.57 Å². The molecule has 6 nitrogen and oxygen atoms in total. The number of hydrogen-bond acceptors (Lipinski definition) is 4. The largest absolute Gasteiger partial charge is 0.442 e. The molecule has 0 N–H and O–H groups in total. The molecule has 2 rings (SSSR count). The zero-order chi connectivity index (χ0) is 14.0. The molecule has 0 saturated carbocycles. The molecule has 0 bridgehead atoms. The van der Waals surface area contributed by atoms with Crippen molar-refractivity contribution in [2.24, 2.45) is 0 Å². The lowest BCUT2D eigenvalue weighted by Crippen LogP contribution is -2.44. The smallest absolute Gasteiger partial charge is 0.338 e. The van der Waals surface area contributed by atoms with E-state index in [1.807, 2.05) is 18.7 Å². The third-order valence-corrected chi connectivity index (χ3v) is 3.65. The van der Waals surface area contributed by atoms with E-state index in [9.17, 15) is 9.59 Å². The molecule has 1 aliphatic heterocycles. The van der Waals surface area contributed by atoms with Gasteiger partial charge < -0.3 is 4.90 Å². The van der Waals surface area contributed by atoms with E-state index in [4.69, 9.17) is 0 Å². The minimum absolute atomic E-state index is 0.0280. The quantitative estimate of drug-likeness (QED) is 0.829. The van der Waals surface area contributed by atoms with E-state index in [2.05, 4.69) is 16.6 Å². The zero-order valence-electron chi connectivity index (χ0n) is 11.8. The minimum Gasteiger partial charge on any atom is -0.338 e. The number of amides is 1. The van der Waals surface area contributed by atoms with Crippen LogP contribution < -0.4 is 5.76 Å². The van der Waals surface area contributed by atoms with Gasteiger partial charge in [0, 0.05) is 18.5 Å². The Balaban J connectivity index is 2.14. The van der Waals surface area contributed by atoms with Crippen LogP contribution in [-0.4, -0.2) is 33.1 Å². The summed E-state index contributed by atoms with van der Waals surface area (Å²) in [5.74, 6) is 0.00199. The highest BCUT2D eigenvalue weighted by Gasteiger charge is 2.25. The fraction of sp³-hybridized carbons (Fsp3) is 0.769. The number of likely N-dealkylation sites (tertiary alicyclic amines) is 1. The van der Waals surface area contributed by atoms with Gasteiger partial charge in [-0.05, 0) is 26.2 Å². The van der Waals surface area contributed by atoms with E-state index >= 15 is 0 Å². The van der Waals surface area contributed by atoms with Gasteiger partial charge in [0.1, 0.15) is 6.54 Å². The van der Waals surface area contributed by atoms with Crippen molar-refractivity contribution in [2.75, 3.05) is 6.54 Å². The van der Waals surface area contributed by atoms with Crippen LogP contribution in [0.15, 0.2) is 9.32 Å². The Morgan fingerprint density at radius 2 is 2.21 bits per heavy atom. The average molecular weight is 267 g/mol. The normalized spacial score (nSPS) is 20.0. The highest BCUT2D eigenvalue weighted by atomic mass is 16.5. The Bertz CT molecular complexity index is 503. The van der Waals surface area contributed by atoms with Gasteiger partial charge in [-0.1, -0.05) is 19.0 Å². The van der Waals surface area contributed by atoms with Gasteiger partial charge in [-0.25, -0.2) is 4.79 Å².